The van der Waals surface area contributed by atoms with E-state index in [-0.39, 0.29) is 0 Å². The molecule has 2 N–H and O–H groups in total. The summed E-state index contributed by atoms with van der Waals surface area (Å²) in [5.41, 5.74) is 9.02. The highest BCUT2D eigenvalue weighted by Crippen LogP contribution is 2.15. The Morgan fingerprint density at radius 3 is 2.20 bits per heavy atom. The molecule has 0 saturated carbocycles. The van der Waals surface area contributed by atoms with Crippen molar-refractivity contribution < 1.29 is 0 Å². The average Bonchev–Trinajstić information content (AvgIpc) is 2.78. The first-order valence-electron chi connectivity index (χ1n) is 12.9. The second-order valence-corrected chi connectivity index (χ2v) is 9.14. The second kappa shape index (κ2) is 20.6. The number of aliphatic imine (C=N–C) groups is 1. The van der Waals surface area contributed by atoms with Gasteiger partial charge in [-0.1, -0.05) is 90.3 Å². The lowest BCUT2D eigenvalue weighted by Gasteiger charge is -2.30. The Bertz CT molecular complexity index is 932. The fourth-order valence-corrected chi connectivity index (χ4v) is 3.27. The molecule has 0 aliphatic heterocycles. The quantitative estimate of drug-likeness (QED) is 0.290. The van der Waals surface area contributed by atoms with Gasteiger partial charge in [-0.15, -0.1) is 6.58 Å². The van der Waals surface area contributed by atoms with E-state index in [1.54, 1.807) is 6.08 Å². The third kappa shape index (κ3) is 16.5. The van der Waals surface area contributed by atoms with Gasteiger partial charge >= 0.3 is 0 Å². The first kappa shape index (κ1) is 34.4. The molecule has 0 radical (unpaired) electrons. The van der Waals surface area contributed by atoms with E-state index in [1.165, 1.54) is 16.5 Å². The Balaban J connectivity index is 0. The van der Waals surface area contributed by atoms with E-state index in [1.807, 2.05) is 26.8 Å². The van der Waals surface area contributed by atoms with E-state index in [4.69, 9.17) is 5.73 Å². The van der Waals surface area contributed by atoms with Gasteiger partial charge in [-0.25, -0.2) is 4.99 Å². The number of nitrogens with two attached hydrogens (primary N) is 1. The average molecular weight is 480 g/mol. The molecule has 0 amide bonds. The molecule has 0 bridgehead atoms. The molecule has 0 spiro atoms. The van der Waals surface area contributed by atoms with Crippen molar-refractivity contribution in [2.24, 2.45) is 22.6 Å². The zero-order chi connectivity index (χ0) is 27.4. The van der Waals surface area contributed by atoms with Gasteiger partial charge in [-0.2, -0.15) is 0 Å². The molecule has 3 heteroatoms. The zero-order valence-electron chi connectivity index (χ0n) is 24.2. The van der Waals surface area contributed by atoms with Crippen molar-refractivity contribution >= 4 is 18.4 Å². The van der Waals surface area contributed by atoms with Gasteiger partial charge in [0.1, 0.15) is 5.82 Å². The normalized spacial score (nSPS) is 13.0. The molecular weight excluding hydrogens is 426 g/mol. The van der Waals surface area contributed by atoms with Crippen molar-refractivity contribution in [2.75, 3.05) is 13.1 Å². The van der Waals surface area contributed by atoms with Crippen molar-refractivity contribution in [1.82, 2.24) is 4.90 Å². The zero-order valence-corrected chi connectivity index (χ0v) is 24.2. The summed E-state index contributed by atoms with van der Waals surface area (Å²) in [5, 5.41) is 2.38. The molecular formula is C32H53N3. The summed E-state index contributed by atoms with van der Waals surface area (Å²) in [4.78, 5) is 6.60. The first-order valence-corrected chi connectivity index (χ1v) is 12.9. The molecule has 35 heavy (non-hydrogen) atoms. The van der Waals surface area contributed by atoms with Gasteiger partial charge in [0, 0.05) is 24.5 Å². The highest BCUT2D eigenvalue weighted by molar-refractivity contribution is 5.93. The van der Waals surface area contributed by atoms with Crippen molar-refractivity contribution in [3.05, 3.63) is 83.2 Å². The van der Waals surface area contributed by atoms with Crippen molar-refractivity contribution in [2.45, 2.75) is 75.2 Å². The van der Waals surface area contributed by atoms with Gasteiger partial charge in [0.2, 0.25) is 0 Å². The van der Waals surface area contributed by atoms with E-state index in [0.717, 1.165) is 36.9 Å². The third-order valence-electron chi connectivity index (χ3n) is 5.50. The van der Waals surface area contributed by atoms with E-state index in [2.05, 4.69) is 108 Å². The first-order chi connectivity index (χ1) is 16.5. The standard InChI is InChI=1S/C16H31N3.C13H16.C3H6/c1-8-9-19(11-13(4)12(2)3)15(6)10-14(5)18-16(7)17;1-4-6-10-13-11(3)8-7-9-12(13)5-2;1-3-2/h10,12-13H,7-9,11,17H2,1-6H3;4,6-10H,3,5H2,1-2H3;3H,1H2,2H3/b15-10+,18-14-;6-4-,13-10+;. The van der Waals surface area contributed by atoms with Crippen LogP contribution < -0.4 is 16.2 Å². The molecule has 0 aromatic heterocycles. The number of benzene rings is 1. The maximum atomic E-state index is 5.50. The summed E-state index contributed by atoms with van der Waals surface area (Å²) in [6, 6.07) is 6.27. The molecule has 196 valence electrons. The van der Waals surface area contributed by atoms with Gasteiger partial charge in [0.15, 0.2) is 0 Å². The lowest BCUT2D eigenvalue weighted by Crippen LogP contribution is -2.30. The number of hydrogen-bond acceptors (Lipinski definition) is 3. The van der Waals surface area contributed by atoms with E-state index in [0.29, 0.717) is 17.7 Å². The smallest absolute Gasteiger partial charge is 0.116 e. The van der Waals surface area contributed by atoms with Gasteiger partial charge in [0.25, 0.3) is 0 Å². The molecule has 0 heterocycles. The summed E-state index contributed by atoms with van der Waals surface area (Å²) in [6.45, 7) is 32.4. The van der Waals surface area contributed by atoms with Crippen molar-refractivity contribution in [1.29, 1.82) is 0 Å². The molecule has 0 aliphatic carbocycles. The number of aryl methyl sites for hydroxylation is 1. The van der Waals surface area contributed by atoms with Crippen LogP contribution in [0.2, 0.25) is 0 Å². The summed E-state index contributed by atoms with van der Waals surface area (Å²) >= 11 is 0. The number of allylic oxidation sites excluding steroid dienone is 5. The number of nitrogens with zero attached hydrogens (tertiary/aromatic N) is 2. The van der Waals surface area contributed by atoms with Gasteiger partial charge in [-0.3, -0.25) is 0 Å². The van der Waals surface area contributed by atoms with E-state index in [9.17, 15) is 0 Å². The monoisotopic (exact) mass is 479 g/mol. The van der Waals surface area contributed by atoms with Crippen LogP contribution in [0.5, 0.6) is 0 Å². The van der Waals surface area contributed by atoms with Crippen LogP contribution in [0.25, 0.3) is 12.7 Å². The minimum atomic E-state index is 0.360. The minimum absolute atomic E-state index is 0.360. The summed E-state index contributed by atoms with van der Waals surface area (Å²) in [7, 11) is 0. The van der Waals surface area contributed by atoms with E-state index >= 15 is 0 Å². The van der Waals surface area contributed by atoms with Crippen molar-refractivity contribution in [3.8, 4) is 0 Å². The molecule has 0 aliphatic rings. The summed E-state index contributed by atoms with van der Waals surface area (Å²) in [6.07, 6.45) is 12.3. The Hall–Kier alpha value is -2.81. The van der Waals surface area contributed by atoms with Crippen LogP contribution in [0.15, 0.2) is 72.2 Å². The van der Waals surface area contributed by atoms with Gasteiger partial charge in [-0.05, 0) is 74.4 Å². The fraction of sp³-hybridized carbons (Fsp3) is 0.469. The lowest BCUT2D eigenvalue weighted by molar-refractivity contribution is 0.257. The SMILES string of the molecule is C=C(N)/N=C(C)\C=C(/C)N(CCC)CC(C)C(C)C.C=CC.C=c1cccc(CC)/c1=C/C=C\C. The highest BCUT2D eigenvalue weighted by Gasteiger charge is 2.13. The lowest BCUT2D eigenvalue weighted by atomic mass is 9.97. The van der Waals surface area contributed by atoms with Crippen LogP contribution in [-0.2, 0) is 6.42 Å². The topological polar surface area (TPSA) is 41.6 Å². The Morgan fingerprint density at radius 2 is 1.74 bits per heavy atom. The predicted octanol–water partition coefficient (Wildman–Crippen LogP) is 6.99. The van der Waals surface area contributed by atoms with Crippen LogP contribution >= 0.6 is 0 Å². The molecule has 1 aromatic rings. The van der Waals surface area contributed by atoms with E-state index < -0.39 is 0 Å². The largest absolute Gasteiger partial charge is 0.384 e. The van der Waals surface area contributed by atoms with Crippen LogP contribution in [-0.4, -0.2) is 23.7 Å². The Labute approximate surface area is 217 Å². The van der Waals surface area contributed by atoms with Crippen molar-refractivity contribution in [3.63, 3.8) is 0 Å². The van der Waals surface area contributed by atoms with Crippen LogP contribution in [0.1, 0.15) is 74.3 Å². The fourth-order valence-electron chi connectivity index (χ4n) is 3.27. The second-order valence-electron chi connectivity index (χ2n) is 9.14. The van der Waals surface area contributed by atoms with Gasteiger partial charge in [0.05, 0.1) is 0 Å². The number of rotatable bonds is 10. The van der Waals surface area contributed by atoms with Crippen LogP contribution in [0.4, 0.5) is 0 Å². The molecule has 3 nitrogen and oxygen atoms in total. The molecule has 1 atom stereocenters. The number of hydrogen-bond donors (Lipinski definition) is 1. The third-order valence-corrected chi connectivity index (χ3v) is 5.50. The van der Waals surface area contributed by atoms with Crippen LogP contribution in [0, 0.1) is 11.8 Å². The predicted molar refractivity (Wildman–Crippen MR) is 162 cm³/mol. The maximum Gasteiger partial charge on any atom is 0.116 e. The van der Waals surface area contributed by atoms with Crippen LogP contribution in [0.3, 0.4) is 0 Å². The Morgan fingerprint density at radius 1 is 1.14 bits per heavy atom. The Kier molecular flexibility index (Phi) is 20.2. The molecule has 1 unspecified atom stereocenters. The minimum Gasteiger partial charge on any atom is -0.384 e. The maximum absolute atomic E-state index is 5.50. The molecule has 0 saturated heterocycles. The molecule has 1 rings (SSSR count). The summed E-state index contributed by atoms with van der Waals surface area (Å²) in [5.74, 6) is 1.74. The highest BCUT2D eigenvalue weighted by atomic mass is 15.1. The molecule has 0 fully saturated rings. The summed E-state index contributed by atoms with van der Waals surface area (Å²) < 4.78 is 0. The molecule has 1 aromatic carbocycles. The van der Waals surface area contributed by atoms with Gasteiger partial charge < -0.3 is 10.6 Å².